The molecule has 7 nitrogen and oxygen atoms in total. The first-order valence-corrected chi connectivity index (χ1v) is 13.2. The standard InChI is InChI=1S/C32H30FN5O2/c1-19-23(21-14-27(33)26(30(15-21)40-3)18-38-16-22(39)17-38)6-4-7-24(19)25-8-5-9-28(20(25)2)37-32-31-29(10-11-36-32)34-12-13-35-31/h4-15,22,39H,16-18H2,1-3H3,(H,36,37). The zero-order chi connectivity index (χ0) is 27.8. The lowest BCUT2D eigenvalue weighted by atomic mass is 9.90. The highest BCUT2D eigenvalue weighted by Gasteiger charge is 2.27. The number of ether oxygens (including phenoxy) is 1. The van der Waals surface area contributed by atoms with Crippen molar-refractivity contribution >= 4 is 22.5 Å². The second kappa shape index (κ2) is 10.6. The molecule has 40 heavy (non-hydrogen) atoms. The summed E-state index contributed by atoms with van der Waals surface area (Å²) in [6, 6.07) is 17.5. The number of aromatic nitrogens is 3. The molecule has 0 amide bonds. The fraction of sp³-hybridized carbons (Fsp3) is 0.219. The summed E-state index contributed by atoms with van der Waals surface area (Å²) < 4.78 is 21.0. The van der Waals surface area contributed by atoms with Crippen LogP contribution in [0.25, 0.3) is 33.3 Å². The fourth-order valence-corrected chi connectivity index (χ4v) is 5.42. The van der Waals surface area contributed by atoms with Gasteiger partial charge in [0, 0.05) is 49.5 Å². The van der Waals surface area contributed by atoms with Crippen molar-refractivity contribution in [2.45, 2.75) is 26.5 Å². The minimum absolute atomic E-state index is 0.311. The summed E-state index contributed by atoms with van der Waals surface area (Å²) >= 11 is 0. The molecule has 8 heteroatoms. The lowest BCUT2D eigenvalue weighted by Gasteiger charge is -2.36. The van der Waals surface area contributed by atoms with E-state index in [1.165, 1.54) is 0 Å². The van der Waals surface area contributed by atoms with E-state index in [9.17, 15) is 5.11 Å². The molecule has 1 fully saturated rings. The molecule has 0 radical (unpaired) electrons. The number of fused-ring (bicyclic) bond motifs is 1. The Morgan fingerprint density at radius 3 is 2.42 bits per heavy atom. The maximum absolute atomic E-state index is 15.4. The second-order valence-corrected chi connectivity index (χ2v) is 10.2. The van der Waals surface area contributed by atoms with Crippen LogP contribution in [0.2, 0.25) is 0 Å². The highest BCUT2D eigenvalue weighted by molar-refractivity contribution is 5.89. The summed E-state index contributed by atoms with van der Waals surface area (Å²) in [4.78, 5) is 15.3. The third-order valence-corrected chi connectivity index (χ3v) is 7.60. The van der Waals surface area contributed by atoms with Crippen molar-refractivity contribution < 1.29 is 14.2 Å². The van der Waals surface area contributed by atoms with Gasteiger partial charge >= 0.3 is 0 Å². The first kappa shape index (κ1) is 25.9. The summed E-state index contributed by atoms with van der Waals surface area (Å²) in [7, 11) is 1.56. The molecule has 1 saturated heterocycles. The molecule has 1 aliphatic rings. The van der Waals surface area contributed by atoms with Gasteiger partial charge in [-0.25, -0.2) is 14.4 Å². The van der Waals surface area contributed by atoms with E-state index >= 15 is 4.39 Å². The Bertz CT molecular complexity index is 1710. The number of β-amino-alcohol motifs (C(OH)–C–C–N with tert-alkyl or cyclic N) is 1. The van der Waals surface area contributed by atoms with Crippen molar-refractivity contribution in [1.82, 2.24) is 19.9 Å². The summed E-state index contributed by atoms with van der Waals surface area (Å²) in [5.74, 6) is 0.842. The van der Waals surface area contributed by atoms with Crippen LogP contribution in [-0.2, 0) is 6.54 Å². The Hall–Kier alpha value is -4.40. The molecule has 2 N–H and O–H groups in total. The molecule has 6 rings (SSSR count). The van der Waals surface area contributed by atoms with Crippen molar-refractivity contribution in [2.24, 2.45) is 0 Å². The van der Waals surface area contributed by atoms with E-state index < -0.39 is 0 Å². The predicted molar refractivity (Wildman–Crippen MR) is 155 cm³/mol. The molecular weight excluding hydrogens is 505 g/mol. The topological polar surface area (TPSA) is 83.4 Å². The summed E-state index contributed by atoms with van der Waals surface area (Å²) in [6.45, 7) is 5.63. The Morgan fingerprint density at radius 2 is 1.65 bits per heavy atom. The number of aliphatic hydroxyl groups is 1. The van der Waals surface area contributed by atoms with Crippen LogP contribution < -0.4 is 10.1 Å². The molecule has 202 valence electrons. The minimum Gasteiger partial charge on any atom is -0.496 e. The van der Waals surface area contributed by atoms with E-state index in [1.54, 1.807) is 31.8 Å². The molecule has 3 heterocycles. The van der Waals surface area contributed by atoms with Crippen LogP contribution in [0, 0.1) is 19.7 Å². The third kappa shape index (κ3) is 4.76. The SMILES string of the molecule is COc1cc(-c2cccc(-c3cccc(Nc4nccc5nccnc45)c3C)c2C)cc(F)c1CN1CC(O)C1. The van der Waals surface area contributed by atoms with Gasteiger partial charge in [0.25, 0.3) is 0 Å². The normalized spacial score (nSPS) is 13.8. The minimum atomic E-state index is -0.340. The molecule has 0 unspecified atom stereocenters. The van der Waals surface area contributed by atoms with Gasteiger partial charge in [-0.05, 0) is 71.5 Å². The highest BCUT2D eigenvalue weighted by atomic mass is 19.1. The molecule has 0 atom stereocenters. The van der Waals surface area contributed by atoms with E-state index in [2.05, 4.69) is 46.2 Å². The van der Waals surface area contributed by atoms with Gasteiger partial charge < -0.3 is 15.2 Å². The van der Waals surface area contributed by atoms with Gasteiger partial charge in [-0.3, -0.25) is 9.88 Å². The number of nitrogens with one attached hydrogen (secondary N) is 1. The number of aliphatic hydroxyl groups excluding tert-OH is 1. The van der Waals surface area contributed by atoms with Crippen LogP contribution in [0.15, 0.2) is 73.2 Å². The summed E-state index contributed by atoms with van der Waals surface area (Å²) in [5, 5.41) is 13.1. The van der Waals surface area contributed by atoms with Gasteiger partial charge in [0.15, 0.2) is 5.82 Å². The molecule has 3 aromatic carbocycles. The van der Waals surface area contributed by atoms with Crippen LogP contribution in [0.1, 0.15) is 16.7 Å². The van der Waals surface area contributed by atoms with Crippen molar-refractivity contribution in [3.8, 4) is 28.0 Å². The van der Waals surface area contributed by atoms with Gasteiger partial charge in [0.1, 0.15) is 17.1 Å². The van der Waals surface area contributed by atoms with Gasteiger partial charge in [-0.1, -0.05) is 30.3 Å². The van der Waals surface area contributed by atoms with Gasteiger partial charge in [0.2, 0.25) is 0 Å². The lowest BCUT2D eigenvalue weighted by molar-refractivity contribution is -0.00380. The van der Waals surface area contributed by atoms with E-state index in [0.29, 0.717) is 42.3 Å². The molecule has 0 saturated carbocycles. The van der Waals surface area contributed by atoms with Crippen molar-refractivity contribution in [3.05, 3.63) is 95.7 Å². The molecule has 0 spiro atoms. The summed E-state index contributed by atoms with van der Waals surface area (Å²) in [6.07, 6.45) is 4.71. The quantitative estimate of drug-likeness (QED) is 0.263. The smallest absolute Gasteiger partial charge is 0.158 e. The Kier molecular flexibility index (Phi) is 6.88. The van der Waals surface area contributed by atoms with Crippen molar-refractivity contribution in [2.75, 3.05) is 25.5 Å². The first-order chi connectivity index (χ1) is 19.4. The predicted octanol–water partition coefficient (Wildman–Crippen LogP) is 6.04. The molecule has 5 aromatic rings. The van der Waals surface area contributed by atoms with Gasteiger partial charge in [-0.2, -0.15) is 0 Å². The number of hydrogen-bond acceptors (Lipinski definition) is 7. The van der Waals surface area contributed by atoms with Crippen LogP contribution in [0.3, 0.4) is 0 Å². The van der Waals surface area contributed by atoms with E-state index in [1.807, 2.05) is 41.3 Å². The molecule has 0 bridgehead atoms. The Balaban J connectivity index is 1.36. The second-order valence-electron chi connectivity index (χ2n) is 10.2. The number of anilines is 2. The molecule has 2 aromatic heterocycles. The third-order valence-electron chi connectivity index (χ3n) is 7.60. The summed E-state index contributed by atoms with van der Waals surface area (Å²) in [5.41, 5.74) is 8.81. The average molecular weight is 536 g/mol. The number of pyridine rings is 1. The van der Waals surface area contributed by atoms with Crippen molar-refractivity contribution in [1.29, 1.82) is 0 Å². The molecule has 0 aliphatic carbocycles. The zero-order valence-corrected chi connectivity index (χ0v) is 22.6. The largest absolute Gasteiger partial charge is 0.496 e. The highest BCUT2D eigenvalue weighted by Crippen LogP contribution is 2.38. The number of hydrogen-bond donors (Lipinski definition) is 2. The number of methoxy groups -OCH3 is 1. The van der Waals surface area contributed by atoms with E-state index in [4.69, 9.17) is 4.74 Å². The number of likely N-dealkylation sites (tertiary alicyclic amines) is 1. The van der Waals surface area contributed by atoms with E-state index in [0.717, 1.165) is 44.6 Å². The van der Waals surface area contributed by atoms with Gasteiger partial charge in [0.05, 0.1) is 18.7 Å². The Morgan fingerprint density at radius 1 is 0.925 bits per heavy atom. The average Bonchev–Trinajstić information content (AvgIpc) is 2.94. The van der Waals surface area contributed by atoms with Crippen molar-refractivity contribution in [3.63, 3.8) is 0 Å². The number of benzene rings is 3. The monoisotopic (exact) mass is 535 g/mol. The first-order valence-electron chi connectivity index (χ1n) is 13.2. The van der Waals surface area contributed by atoms with Crippen LogP contribution in [0.5, 0.6) is 5.75 Å². The number of nitrogens with zero attached hydrogens (tertiary/aromatic N) is 4. The maximum atomic E-state index is 15.4. The van der Waals surface area contributed by atoms with Crippen LogP contribution in [-0.4, -0.2) is 51.3 Å². The Labute approximate surface area is 232 Å². The van der Waals surface area contributed by atoms with Gasteiger partial charge in [-0.15, -0.1) is 0 Å². The molecule has 1 aliphatic heterocycles. The zero-order valence-electron chi connectivity index (χ0n) is 22.6. The number of halogens is 1. The fourth-order valence-electron chi connectivity index (χ4n) is 5.42. The van der Waals surface area contributed by atoms with Crippen LogP contribution in [0.4, 0.5) is 15.9 Å². The van der Waals surface area contributed by atoms with E-state index in [-0.39, 0.29) is 11.9 Å². The number of rotatable bonds is 7. The lowest BCUT2D eigenvalue weighted by Crippen LogP contribution is -2.49. The van der Waals surface area contributed by atoms with Crippen LogP contribution >= 0.6 is 0 Å². The molecular formula is C32H30FN5O2. The maximum Gasteiger partial charge on any atom is 0.158 e.